The Hall–Kier alpha value is -1.55. The smallest absolute Gasteiger partial charge is 0.302 e. The Morgan fingerprint density at radius 2 is 1.52 bits per heavy atom. The molecule has 1 aliphatic heterocycles. The lowest BCUT2D eigenvalue weighted by atomic mass is 9.83. The lowest BCUT2D eigenvalue weighted by Gasteiger charge is -2.29. The summed E-state index contributed by atoms with van der Waals surface area (Å²) in [6, 6.07) is 15.1. The van der Waals surface area contributed by atoms with Gasteiger partial charge in [0.25, 0.3) is 0 Å². The Bertz CT molecular complexity index is 650. The maximum atomic E-state index is 11.3. The molecular formula is C18H16Cl2O3. The van der Waals surface area contributed by atoms with Gasteiger partial charge in [0.05, 0.1) is 6.61 Å². The predicted molar refractivity (Wildman–Crippen MR) is 89.8 cm³/mol. The van der Waals surface area contributed by atoms with Crippen molar-refractivity contribution in [1.82, 2.24) is 0 Å². The van der Waals surface area contributed by atoms with Gasteiger partial charge in [-0.05, 0) is 35.4 Å². The van der Waals surface area contributed by atoms with Gasteiger partial charge < -0.3 is 9.47 Å². The fourth-order valence-corrected chi connectivity index (χ4v) is 3.24. The van der Waals surface area contributed by atoms with E-state index in [0.29, 0.717) is 23.1 Å². The molecule has 3 nitrogen and oxygen atoms in total. The number of halogens is 2. The van der Waals surface area contributed by atoms with Crippen LogP contribution in [-0.2, 0) is 19.9 Å². The van der Waals surface area contributed by atoms with Gasteiger partial charge in [0, 0.05) is 23.4 Å². The highest BCUT2D eigenvalue weighted by Gasteiger charge is 2.44. The Morgan fingerprint density at radius 3 is 1.96 bits per heavy atom. The van der Waals surface area contributed by atoms with Crippen molar-refractivity contribution in [3.63, 3.8) is 0 Å². The molecule has 0 bridgehead atoms. The van der Waals surface area contributed by atoms with Gasteiger partial charge in [-0.2, -0.15) is 0 Å². The SMILES string of the molecule is CC(=O)OC1COC(c2ccc(Cl)cc2)(c2ccc(Cl)cc2)C1. The summed E-state index contributed by atoms with van der Waals surface area (Å²) < 4.78 is 11.5. The van der Waals surface area contributed by atoms with E-state index in [2.05, 4.69) is 0 Å². The summed E-state index contributed by atoms with van der Waals surface area (Å²) in [6.07, 6.45) is 0.273. The van der Waals surface area contributed by atoms with E-state index >= 15 is 0 Å². The summed E-state index contributed by atoms with van der Waals surface area (Å²) in [5, 5.41) is 1.32. The van der Waals surface area contributed by atoms with Crippen molar-refractivity contribution < 1.29 is 14.3 Å². The molecule has 0 radical (unpaired) electrons. The molecule has 0 N–H and O–H groups in total. The van der Waals surface area contributed by atoms with E-state index in [9.17, 15) is 4.79 Å². The van der Waals surface area contributed by atoms with Gasteiger partial charge in [-0.15, -0.1) is 0 Å². The first-order valence-electron chi connectivity index (χ1n) is 7.33. The Balaban J connectivity index is 2.02. The van der Waals surface area contributed by atoms with Crippen LogP contribution in [0.2, 0.25) is 10.0 Å². The van der Waals surface area contributed by atoms with E-state index in [1.165, 1.54) is 6.92 Å². The van der Waals surface area contributed by atoms with Crippen molar-refractivity contribution in [2.24, 2.45) is 0 Å². The lowest BCUT2D eigenvalue weighted by molar-refractivity contribution is -0.146. The number of ether oxygens (including phenoxy) is 2. The fourth-order valence-electron chi connectivity index (χ4n) is 2.99. The number of carbonyl (C=O) groups is 1. The zero-order valence-corrected chi connectivity index (χ0v) is 14.1. The standard InChI is InChI=1S/C18H16Cl2O3/c1-12(21)23-17-10-18(22-11-17,13-2-6-15(19)7-3-13)14-4-8-16(20)9-5-14/h2-9,17H,10-11H2,1H3. The monoisotopic (exact) mass is 350 g/mol. The van der Waals surface area contributed by atoms with Gasteiger partial charge >= 0.3 is 5.97 Å². The summed E-state index contributed by atoms with van der Waals surface area (Å²) in [5.74, 6) is -0.304. The lowest BCUT2D eigenvalue weighted by Crippen LogP contribution is -2.27. The van der Waals surface area contributed by atoms with Gasteiger partial charge in [0.2, 0.25) is 0 Å². The topological polar surface area (TPSA) is 35.5 Å². The average Bonchev–Trinajstić information content (AvgIpc) is 2.93. The Kier molecular flexibility index (Phi) is 4.62. The summed E-state index contributed by atoms with van der Waals surface area (Å²) in [6.45, 7) is 1.76. The molecule has 1 fully saturated rings. The number of carbonyl (C=O) groups excluding carboxylic acids is 1. The fraction of sp³-hybridized carbons (Fsp3) is 0.278. The molecule has 2 aromatic carbocycles. The molecular weight excluding hydrogens is 335 g/mol. The van der Waals surface area contributed by atoms with Gasteiger partial charge in [0.1, 0.15) is 11.7 Å². The van der Waals surface area contributed by atoms with Gasteiger partial charge in [-0.1, -0.05) is 47.5 Å². The number of hydrogen-bond acceptors (Lipinski definition) is 3. The molecule has 3 rings (SSSR count). The summed E-state index contributed by atoms with van der Waals surface area (Å²) in [4.78, 5) is 11.3. The van der Waals surface area contributed by atoms with Crippen molar-refractivity contribution in [2.45, 2.75) is 25.0 Å². The van der Waals surface area contributed by atoms with Crippen molar-refractivity contribution >= 4 is 29.2 Å². The zero-order valence-electron chi connectivity index (χ0n) is 12.6. The minimum Gasteiger partial charge on any atom is -0.460 e. The molecule has 1 atom stereocenters. The minimum absolute atomic E-state index is 0.279. The first-order chi connectivity index (χ1) is 11.0. The van der Waals surface area contributed by atoms with E-state index in [4.69, 9.17) is 32.7 Å². The molecule has 120 valence electrons. The van der Waals surface area contributed by atoms with Crippen LogP contribution < -0.4 is 0 Å². The quantitative estimate of drug-likeness (QED) is 0.759. The highest BCUT2D eigenvalue weighted by Crippen LogP contribution is 2.43. The van der Waals surface area contributed by atoms with Crippen molar-refractivity contribution in [1.29, 1.82) is 0 Å². The third-order valence-corrected chi connectivity index (χ3v) is 4.49. The van der Waals surface area contributed by atoms with Gasteiger partial charge in [-0.3, -0.25) is 4.79 Å². The van der Waals surface area contributed by atoms with Crippen LogP contribution in [0.3, 0.4) is 0 Å². The molecule has 23 heavy (non-hydrogen) atoms. The molecule has 1 unspecified atom stereocenters. The largest absolute Gasteiger partial charge is 0.460 e. The van der Waals surface area contributed by atoms with Crippen LogP contribution >= 0.6 is 23.2 Å². The molecule has 2 aromatic rings. The molecule has 0 saturated carbocycles. The van der Waals surface area contributed by atoms with E-state index in [1.807, 2.05) is 48.5 Å². The van der Waals surface area contributed by atoms with Gasteiger partial charge in [-0.25, -0.2) is 0 Å². The zero-order chi connectivity index (χ0) is 16.4. The van der Waals surface area contributed by atoms with Crippen molar-refractivity contribution in [3.05, 3.63) is 69.7 Å². The number of rotatable bonds is 3. The van der Waals surface area contributed by atoms with Crippen molar-refractivity contribution in [3.8, 4) is 0 Å². The molecule has 1 saturated heterocycles. The number of esters is 1. The third kappa shape index (κ3) is 3.37. The van der Waals surface area contributed by atoms with Gasteiger partial charge in [0.15, 0.2) is 0 Å². The minimum atomic E-state index is -0.671. The van der Waals surface area contributed by atoms with Crippen LogP contribution in [-0.4, -0.2) is 18.7 Å². The second kappa shape index (κ2) is 6.52. The third-order valence-electron chi connectivity index (χ3n) is 3.98. The maximum absolute atomic E-state index is 11.3. The van der Waals surface area contributed by atoms with E-state index in [1.54, 1.807) is 0 Å². The van der Waals surface area contributed by atoms with E-state index in [-0.39, 0.29) is 12.1 Å². The second-order valence-electron chi connectivity index (χ2n) is 5.59. The first kappa shape index (κ1) is 16.3. The highest BCUT2D eigenvalue weighted by atomic mass is 35.5. The molecule has 0 aromatic heterocycles. The highest BCUT2D eigenvalue weighted by molar-refractivity contribution is 6.30. The summed E-state index contributed by atoms with van der Waals surface area (Å²) in [7, 11) is 0. The summed E-state index contributed by atoms with van der Waals surface area (Å²) >= 11 is 12.0. The molecule has 5 heteroatoms. The van der Waals surface area contributed by atoms with Crippen LogP contribution in [0, 0.1) is 0 Å². The van der Waals surface area contributed by atoms with Crippen molar-refractivity contribution in [2.75, 3.05) is 6.61 Å². The molecule has 0 amide bonds. The summed E-state index contributed by atoms with van der Waals surface area (Å²) in [5.41, 5.74) is 1.27. The van der Waals surface area contributed by atoms with Crippen LogP contribution in [0.1, 0.15) is 24.5 Å². The maximum Gasteiger partial charge on any atom is 0.302 e. The second-order valence-corrected chi connectivity index (χ2v) is 6.46. The Labute approximate surface area is 145 Å². The number of hydrogen-bond donors (Lipinski definition) is 0. The van der Waals surface area contributed by atoms with E-state index < -0.39 is 5.60 Å². The first-order valence-corrected chi connectivity index (χ1v) is 8.08. The normalized spacial score (nSPS) is 19.5. The van der Waals surface area contributed by atoms with Crippen LogP contribution in [0.15, 0.2) is 48.5 Å². The molecule has 0 aliphatic carbocycles. The Morgan fingerprint density at radius 1 is 1.04 bits per heavy atom. The van der Waals surface area contributed by atoms with Crippen LogP contribution in [0.4, 0.5) is 0 Å². The molecule has 0 spiro atoms. The average molecular weight is 351 g/mol. The number of benzene rings is 2. The van der Waals surface area contributed by atoms with Crippen LogP contribution in [0.25, 0.3) is 0 Å². The molecule has 1 heterocycles. The molecule has 1 aliphatic rings. The van der Waals surface area contributed by atoms with E-state index in [0.717, 1.165) is 11.1 Å². The predicted octanol–water partition coefficient (Wildman–Crippen LogP) is 4.59. The van der Waals surface area contributed by atoms with Crippen LogP contribution in [0.5, 0.6) is 0 Å².